The number of ether oxygens (including phenoxy) is 1. The first kappa shape index (κ1) is 33.9. The highest BCUT2D eigenvalue weighted by Crippen LogP contribution is 2.29. The molecule has 1 aliphatic rings. The summed E-state index contributed by atoms with van der Waals surface area (Å²) in [5.41, 5.74) is 6.65. The maximum absolute atomic E-state index is 12.4. The second kappa shape index (κ2) is 16.9. The monoisotopic (exact) mass is 590 g/mol. The minimum Gasteiger partial charge on any atom is -0.481 e. The number of aryl methyl sites for hydroxylation is 1. The smallest absolute Gasteiger partial charge is 0.335 e. The van der Waals surface area contributed by atoms with Gasteiger partial charge < -0.3 is 20.7 Å². The lowest BCUT2D eigenvalue weighted by molar-refractivity contribution is -0.140. The Hall–Kier alpha value is -3.28. The largest absolute Gasteiger partial charge is 0.481 e. The molecule has 1 fully saturated rings. The molecule has 1 aliphatic carbocycles. The van der Waals surface area contributed by atoms with Gasteiger partial charge in [-0.05, 0) is 99.4 Å². The minimum absolute atomic E-state index is 0.0329. The number of aromatic carboxylic acids is 1. The number of aliphatic carboxylic acids is 1. The van der Waals surface area contributed by atoms with Crippen LogP contribution in [0.2, 0.25) is 0 Å². The zero-order valence-corrected chi connectivity index (χ0v) is 24.6. The van der Waals surface area contributed by atoms with Gasteiger partial charge in [-0.2, -0.15) is 4.31 Å². The summed E-state index contributed by atoms with van der Waals surface area (Å²) in [5.74, 6) is -1.03. The van der Waals surface area contributed by atoms with Crippen molar-refractivity contribution in [2.24, 2.45) is 17.6 Å². The van der Waals surface area contributed by atoms with Gasteiger partial charge >= 0.3 is 17.9 Å². The molecule has 0 atom stereocenters. The van der Waals surface area contributed by atoms with E-state index in [0.29, 0.717) is 37.7 Å². The van der Waals surface area contributed by atoms with Gasteiger partial charge in [0.05, 0.1) is 16.4 Å². The Kier molecular flexibility index (Phi) is 13.9. The number of carbonyl (C=O) groups is 3. The van der Waals surface area contributed by atoms with Crippen LogP contribution in [-0.2, 0) is 26.0 Å². The maximum Gasteiger partial charge on any atom is 0.335 e. The predicted octanol–water partition coefficient (Wildman–Crippen LogP) is 4.57. The first-order chi connectivity index (χ1) is 19.5. The van der Waals surface area contributed by atoms with Crippen LogP contribution in [0.4, 0.5) is 0 Å². The highest BCUT2D eigenvalue weighted by Gasteiger charge is 2.27. The summed E-state index contributed by atoms with van der Waals surface area (Å²) in [7, 11) is -3.53. The molecule has 0 radical (unpaired) electrons. The molecule has 10 nitrogen and oxygen atoms in total. The van der Waals surface area contributed by atoms with E-state index in [1.165, 1.54) is 28.6 Å². The molecular weight excluding hydrogens is 548 g/mol. The van der Waals surface area contributed by atoms with Gasteiger partial charge in [0.15, 0.2) is 0 Å². The lowest BCUT2D eigenvalue weighted by atomic mass is 9.82. The van der Waals surface area contributed by atoms with Gasteiger partial charge in [-0.25, -0.2) is 13.2 Å². The Morgan fingerprint density at radius 2 is 1.46 bits per heavy atom. The third-order valence-electron chi connectivity index (χ3n) is 6.97. The van der Waals surface area contributed by atoms with Crippen molar-refractivity contribution in [1.29, 1.82) is 0 Å². The van der Waals surface area contributed by atoms with Gasteiger partial charge in [-0.3, -0.25) is 9.59 Å². The number of nitrogens with zero attached hydrogens (tertiary/aromatic N) is 1. The van der Waals surface area contributed by atoms with Crippen molar-refractivity contribution < 1.29 is 37.8 Å². The number of sulfonamides is 1. The first-order valence-electron chi connectivity index (χ1n) is 14.1. The van der Waals surface area contributed by atoms with E-state index in [-0.39, 0.29) is 28.8 Å². The molecule has 0 unspecified atom stereocenters. The predicted molar refractivity (Wildman–Crippen MR) is 155 cm³/mol. The van der Waals surface area contributed by atoms with E-state index in [1.54, 1.807) is 24.3 Å². The van der Waals surface area contributed by atoms with Crippen LogP contribution in [0, 0.1) is 11.8 Å². The zero-order chi connectivity index (χ0) is 30.4. The van der Waals surface area contributed by atoms with Crippen LogP contribution in [0.1, 0.15) is 74.7 Å². The average Bonchev–Trinajstić information content (AvgIpc) is 2.97. The van der Waals surface area contributed by atoms with E-state index in [2.05, 4.69) is 0 Å². The van der Waals surface area contributed by atoms with E-state index < -0.39 is 22.0 Å². The van der Waals surface area contributed by atoms with Crippen LogP contribution < -0.4 is 10.5 Å². The summed E-state index contributed by atoms with van der Waals surface area (Å²) in [6.07, 6.45) is 5.73. The van der Waals surface area contributed by atoms with Crippen LogP contribution in [0.25, 0.3) is 0 Å². The molecule has 0 amide bonds. The molecule has 0 heterocycles. The molecule has 0 saturated heterocycles. The van der Waals surface area contributed by atoms with E-state index in [1.807, 2.05) is 13.8 Å². The maximum atomic E-state index is 12.4. The van der Waals surface area contributed by atoms with Gasteiger partial charge in [0, 0.05) is 19.5 Å². The summed E-state index contributed by atoms with van der Waals surface area (Å²) >= 11 is 0. The molecule has 0 bridgehead atoms. The number of benzene rings is 2. The SMILES string of the molecule is CCCN(CCC)S(=O)(=O)c1ccc(C(=O)O)cc1.NC[C@H]1CC[C@H](C(=O)Oc2ccc(CCC(=O)O)cc2)CC1. The standard InChI is InChI=1S/C17H23NO4.C13H19NO4S/c18-11-13-1-6-14(7-2-13)17(21)22-15-8-3-12(4-9-15)5-10-16(19)20;1-3-9-14(10-4-2)19(17,18)12-7-5-11(6-8-12)13(15)16/h3-4,8-9,13-14H,1-2,5-7,10-11,18H2,(H,19,20);5-8H,3-4,9-10H2,1-2H3,(H,15,16)/t13-,14-;. The summed E-state index contributed by atoms with van der Waals surface area (Å²) in [6, 6.07) is 12.4. The van der Waals surface area contributed by atoms with Crippen LogP contribution in [0.3, 0.4) is 0 Å². The zero-order valence-electron chi connectivity index (χ0n) is 23.8. The van der Waals surface area contributed by atoms with Gasteiger partial charge in [-0.1, -0.05) is 26.0 Å². The molecule has 0 aromatic heterocycles. The fourth-order valence-electron chi connectivity index (χ4n) is 4.58. The normalized spacial score (nSPS) is 16.9. The quantitative estimate of drug-likeness (QED) is 0.224. The molecule has 2 aromatic rings. The number of hydrogen-bond donors (Lipinski definition) is 3. The van der Waals surface area contributed by atoms with Crippen molar-refractivity contribution >= 4 is 27.9 Å². The fourth-order valence-corrected chi connectivity index (χ4v) is 6.20. The first-order valence-corrected chi connectivity index (χ1v) is 15.5. The van der Waals surface area contributed by atoms with E-state index in [4.69, 9.17) is 20.7 Å². The van der Waals surface area contributed by atoms with Crippen LogP contribution >= 0.6 is 0 Å². The summed E-state index contributed by atoms with van der Waals surface area (Å²) in [4.78, 5) is 33.5. The highest BCUT2D eigenvalue weighted by molar-refractivity contribution is 7.89. The second-order valence-electron chi connectivity index (χ2n) is 10.1. The molecule has 3 rings (SSSR count). The Bertz CT molecular complexity index is 1220. The van der Waals surface area contributed by atoms with E-state index in [9.17, 15) is 22.8 Å². The molecule has 2 aromatic carbocycles. The highest BCUT2D eigenvalue weighted by atomic mass is 32.2. The van der Waals surface area contributed by atoms with Gasteiger partial charge in [0.2, 0.25) is 10.0 Å². The molecule has 1 saturated carbocycles. The van der Waals surface area contributed by atoms with E-state index in [0.717, 1.165) is 44.1 Å². The molecule has 0 spiro atoms. The Balaban J connectivity index is 0.000000290. The second-order valence-corrected chi connectivity index (χ2v) is 12.1. The van der Waals surface area contributed by atoms with Gasteiger partial charge in [0.25, 0.3) is 0 Å². The van der Waals surface area contributed by atoms with E-state index >= 15 is 0 Å². The van der Waals surface area contributed by atoms with Crippen LogP contribution in [-0.4, -0.2) is 60.5 Å². The van der Waals surface area contributed by atoms with Crippen molar-refractivity contribution in [3.63, 3.8) is 0 Å². The summed E-state index contributed by atoms with van der Waals surface area (Å²) < 4.78 is 31.6. The number of hydrogen-bond acceptors (Lipinski definition) is 7. The summed E-state index contributed by atoms with van der Waals surface area (Å²) in [5, 5.41) is 17.4. The third-order valence-corrected chi connectivity index (χ3v) is 8.88. The number of carbonyl (C=O) groups excluding carboxylic acids is 1. The lowest BCUT2D eigenvalue weighted by Crippen LogP contribution is -2.32. The van der Waals surface area contributed by atoms with Crippen molar-refractivity contribution in [3.8, 4) is 5.75 Å². The number of carboxylic acid groups (broad SMARTS) is 2. The van der Waals surface area contributed by atoms with Crippen molar-refractivity contribution in [3.05, 3.63) is 59.7 Å². The van der Waals surface area contributed by atoms with Crippen molar-refractivity contribution in [1.82, 2.24) is 4.31 Å². The third kappa shape index (κ3) is 10.9. The molecular formula is C30H42N2O8S. The Labute approximate surface area is 242 Å². The van der Waals surface area contributed by atoms with Crippen molar-refractivity contribution in [2.45, 2.75) is 70.1 Å². The van der Waals surface area contributed by atoms with Gasteiger partial charge in [-0.15, -0.1) is 0 Å². The Morgan fingerprint density at radius 3 is 1.93 bits per heavy atom. The Morgan fingerprint density at radius 1 is 0.902 bits per heavy atom. The number of nitrogens with two attached hydrogens (primary N) is 1. The average molecular weight is 591 g/mol. The minimum atomic E-state index is -3.53. The summed E-state index contributed by atoms with van der Waals surface area (Å²) in [6.45, 7) is 5.48. The van der Waals surface area contributed by atoms with Crippen LogP contribution in [0.15, 0.2) is 53.4 Å². The molecule has 226 valence electrons. The molecule has 4 N–H and O–H groups in total. The number of carboxylic acids is 2. The molecule has 41 heavy (non-hydrogen) atoms. The molecule has 11 heteroatoms. The lowest BCUT2D eigenvalue weighted by Gasteiger charge is -2.26. The topological polar surface area (TPSA) is 164 Å². The van der Waals surface area contributed by atoms with Crippen LogP contribution in [0.5, 0.6) is 5.75 Å². The number of rotatable bonds is 13. The number of esters is 1. The van der Waals surface area contributed by atoms with Gasteiger partial charge in [0.1, 0.15) is 5.75 Å². The fraction of sp³-hybridized carbons (Fsp3) is 0.500. The molecule has 0 aliphatic heterocycles. The van der Waals surface area contributed by atoms with Crippen molar-refractivity contribution in [2.75, 3.05) is 19.6 Å².